The second-order valence-corrected chi connectivity index (χ2v) is 5.38. The molecule has 1 saturated heterocycles. The lowest BCUT2D eigenvalue weighted by Crippen LogP contribution is -2.39. The van der Waals surface area contributed by atoms with Crippen molar-refractivity contribution in [1.29, 1.82) is 0 Å². The maximum Gasteiger partial charge on any atom is 0.289 e. The van der Waals surface area contributed by atoms with Crippen LogP contribution in [0.15, 0.2) is 21.1 Å². The molecule has 1 fully saturated rings. The van der Waals surface area contributed by atoms with Crippen LogP contribution in [-0.4, -0.2) is 34.0 Å². The Kier molecular flexibility index (Phi) is 3.77. The highest BCUT2D eigenvalue weighted by Gasteiger charge is 2.29. The summed E-state index contributed by atoms with van der Waals surface area (Å²) in [5, 5.41) is 3.98. The molecule has 0 bridgehead atoms. The number of aromatic nitrogens is 2. The summed E-state index contributed by atoms with van der Waals surface area (Å²) >= 11 is 0. The van der Waals surface area contributed by atoms with Crippen LogP contribution in [0.3, 0.4) is 0 Å². The predicted molar refractivity (Wildman–Crippen MR) is 75.0 cm³/mol. The van der Waals surface area contributed by atoms with Gasteiger partial charge in [0.1, 0.15) is 5.76 Å². The molecule has 6 heteroatoms. The number of carbonyl (C=O) groups is 1. The number of rotatable bonds is 3. The Labute approximate surface area is 123 Å². The zero-order chi connectivity index (χ0) is 14.8. The van der Waals surface area contributed by atoms with Crippen molar-refractivity contribution in [2.75, 3.05) is 13.1 Å². The van der Waals surface area contributed by atoms with Gasteiger partial charge in [0.2, 0.25) is 5.89 Å². The topological polar surface area (TPSA) is 72.4 Å². The van der Waals surface area contributed by atoms with E-state index in [-0.39, 0.29) is 11.8 Å². The summed E-state index contributed by atoms with van der Waals surface area (Å²) in [7, 11) is 0. The standard InChI is InChI=1S/C15H19N3O3/c1-3-12-6-7-13(20-12)15(19)18-8-4-5-11(9-18)14-16-10(2)21-17-14/h6-7,11H,3-5,8-9H2,1-2H3/t11-/m0/s1. The number of furan rings is 1. The van der Waals surface area contributed by atoms with Gasteiger partial charge >= 0.3 is 0 Å². The quantitative estimate of drug-likeness (QED) is 0.868. The summed E-state index contributed by atoms with van der Waals surface area (Å²) in [5.41, 5.74) is 0. The fourth-order valence-corrected chi connectivity index (χ4v) is 2.69. The number of amides is 1. The molecule has 0 saturated carbocycles. The highest BCUT2D eigenvalue weighted by molar-refractivity contribution is 5.91. The van der Waals surface area contributed by atoms with E-state index in [1.807, 2.05) is 17.9 Å². The van der Waals surface area contributed by atoms with Gasteiger partial charge in [-0.1, -0.05) is 12.1 Å². The van der Waals surface area contributed by atoms with E-state index in [0.717, 1.165) is 31.6 Å². The van der Waals surface area contributed by atoms with Gasteiger partial charge in [0.15, 0.2) is 11.6 Å². The minimum Gasteiger partial charge on any atom is -0.456 e. The highest BCUT2D eigenvalue weighted by Crippen LogP contribution is 2.26. The summed E-state index contributed by atoms with van der Waals surface area (Å²) in [5.74, 6) is 2.59. The summed E-state index contributed by atoms with van der Waals surface area (Å²) in [6.45, 7) is 5.13. The molecule has 2 aromatic rings. The zero-order valence-corrected chi connectivity index (χ0v) is 12.3. The average Bonchev–Trinajstić information content (AvgIpc) is 3.15. The lowest BCUT2D eigenvalue weighted by Gasteiger charge is -2.30. The van der Waals surface area contributed by atoms with Crippen LogP contribution < -0.4 is 0 Å². The van der Waals surface area contributed by atoms with Crippen molar-refractivity contribution >= 4 is 5.91 Å². The second-order valence-electron chi connectivity index (χ2n) is 5.38. The normalized spacial score (nSPS) is 19.0. The number of hydrogen-bond donors (Lipinski definition) is 0. The van der Waals surface area contributed by atoms with Crippen LogP contribution >= 0.6 is 0 Å². The Hall–Kier alpha value is -2.11. The van der Waals surface area contributed by atoms with Crippen molar-refractivity contribution in [2.45, 2.75) is 39.0 Å². The van der Waals surface area contributed by atoms with Gasteiger partial charge in [-0.3, -0.25) is 4.79 Å². The fraction of sp³-hybridized carbons (Fsp3) is 0.533. The molecule has 0 N–H and O–H groups in total. The van der Waals surface area contributed by atoms with Crippen LogP contribution in [0.2, 0.25) is 0 Å². The first kappa shape index (κ1) is 13.9. The van der Waals surface area contributed by atoms with E-state index in [2.05, 4.69) is 10.1 Å². The van der Waals surface area contributed by atoms with E-state index in [0.29, 0.717) is 24.0 Å². The third kappa shape index (κ3) is 2.84. The summed E-state index contributed by atoms with van der Waals surface area (Å²) in [4.78, 5) is 18.6. The van der Waals surface area contributed by atoms with Crippen molar-refractivity contribution in [1.82, 2.24) is 15.0 Å². The molecule has 2 aromatic heterocycles. The van der Waals surface area contributed by atoms with Crippen molar-refractivity contribution < 1.29 is 13.7 Å². The number of hydrogen-bond acceptors (Lipinski definition) is 5. The minimum atomic E-state index is -0.0559. The van der Waals surface area contributed by atoms with Gasteiger partial charge in [-0.2, -0.15) is 4.98 Å². The average molecular weight is 289 g/mol. The molecule has 0 unspecified atom stereocenters. The summed E-state index contributed by atoms with van der Waals surface area (Å²) in [6.07, 6.45) is 2.70. The third-order valence-corrected chi connectivity index (χ3v) is 3.84. The fourth-order valence-electron chi connectivity index (χ4n) is 2.69. The molecule has 0 aromatic carbocycles. The largest absolute Gasteiger partial charge is 0.456 e. The van der Waals surface area contributed by atoms with Crippen LogP contribution in [0.1, 0.15) is 53.7 Å². The number of piperidine rings is 1. The van der Waals surface area contributed by atoms with E-state index in [1.54, 1.807) is 13.0 Å². The van der Waals surface area contributed by atoms with E-state index in [4.69, 9.17) is 8.94 Å². The molecule has 112 valence electrons. The van der Waals surface area contributed by atoms with Crippen LogP contribution in [0.25, 0.3) is 0 Å². The molecule has 1 aliphatic heterocycles. The van der Waals surface area contributed by atoms with Gasteiger partial charge < -0.3 is 13.8 Å². The number of aryl methyl sites for hydroxylation is 2. The van der Waals surface area contributed by atoms with E-state index < -0.39 is 0 Å². The Balaban J connectivity index is 1.72. The molecule has 21 heavy (non-hydrogen) atoms. The minimum absolute atomic E-state index is 0.0559. The first-order chi connectivity index (χ1) is 10.2. The maximum atomic E-state index is 12.5. The van der Waals surface area contributed by atoms with E-state index in [9.17, 15) is 4.79 Å². The summed E-state index contributed by atoms with van der Waals surface area (Å²) in [6, 6.07) is 3.61. The number of nitrogens with zero attached hydrogens (tertiary/aromatic N) is 3. The monoisotopic (exact) mass is 289 g/mol. The van der Waals surface area contributed by atoms with Gasteiger partial charge in [-0.15, -0.1) is 0 Å². The zero-order valence-electron chi connectivity index (χ0n) is 12.3. The second kappa shape index (κ2) is 5.71. The SMILES string of the molecule is CCc1ccc(C(=O)N2CCC[C@H](c3noc(C)n3)C2)o1. The van der Waals surface area contributed by atoms with Gasteiger partial charge in [0.25, 0.3) is 5.91 Å². The van der Waals surface area contributed by atoms with Gasteiger partial charge in [-0.05, 0) is 25.0 Å². The molecule has 1 amide bonds. The van der Waals surface area contributed by atoms with Crippen LogP contribution in [0, 0.1) is 6.92 Å². The van der Waals surface area contributed by atoms with Gasteiger partial charge in [0, 0.05) is 32.4 Å². The Morgan fingerprint density at radius 1 is 1.48 bits per heavy atom. The maximum absolute atomic E-state index is 12.5. The molecule has 1 atom stereocenters. The van der Waals surface area contributed by atoms with Crippen molar-refractivity contribution in [2.24, 2.45) is 0 Å². The molecular weight excluding hydrogens is 270 g/mol. The molecule has 3 rings (SSSR count). The third-order valence-electron chi connectivity index (χ3n) is 3.84. The molecule has 3 heterocycles. The first-order valence-electron chi connectivity index (χ1n) is 7.35. The van der Waals surface area contributed by atoms with Crippen molar-refractivity contribution in [3.8, 4) is 0 Å². The van der Waals surface area contributed by atoms with E-state index >= 15 is 0 Å². The van der Waals surface area contributed by atoms with Crippen molar-refractivity contribution in [3.63, 3.8) is 0 Å². The number of likely N-dealkylation sites (tertiary alicyclic amines) is 1. The molecular formula is C15H19N3O3. The predicted octanol–water partition coefficient (Wildman–Crippen LogP) is 2.55. The van der Waals surface area contributed by atoms with E-state index in [1.165, 1.54) is 0 Å². The molecule has 0 spiro atoms. The first-order valence-corrected chi connectivity index (χ1v) is 7.35. The van der Waals surface area contributed by atoms with Crippen LogP contribution in [0.5, 0.6) is 0 Å². The lowest BCUT2D eigenvalue weighted by molar-refractivity contribution is 0.0669. The Bertz CT molecular complexity index is 632. The lowest BCUT2D eigenvalue weighted by atomic mass is 9.97. The Morgan fingerprint density at radius 3 is 3.00 bits per heavy atom. The van der Waals surface area contributed by atoms with Gasteiger partial charge in [-0.25, -0.2) is 0 Å². The highest BCUT2D eigenvalue weighted by atomic mass is 16.5. The molecule has 0 radical (unpaired) electrons. The molecule has 6 nitrogen and oxygen atoms in total. The molecule has 0 aliphatic carbocycles. The smallest absolute Gasteiger partial charge is 0.289 e. The van der Waals surface area contributed by atoms with Crippen LogP contribution in [0.4, 0.5) is 0 Å². The van der Waals surface area contributed by atoms with Gasteiger partial charge in [0.05, 0.1) is 0 Å². The molecule has 1 aliphatic rings. The summed E-state index contributed by atoms with van der Waals surface area (Å²) < 4.78 is 10.6. The number of carbonyl (C=O) groups excluding carboxylic acids is 1. The Morgan fingerprint density at radius 2 is 2.33 bits per heavy atom. The van der Waals surface area contributed by atoms with Crippen LogP contribution in [-0.2, 0) is 6.42 Å². The van der Waals surface area contributed by atoms with Crippen molar-refractivity contribution in [3.05, 3.63) is 35.4 Å².